The lowest BCUT2D eigenvalue weighted by molar-refractivity contribution is -0.142. The summed E-state index contributed by atoms with van der Waals surface area (Å²) < 4.78 is 0. The van der Waals surface area contributed by atoms with E-state index in [9.17, 15) is 9.59 Å². The number of rotatable bonds is 5. The van der Waals surface area contributed by atoms with Crippen LogP contribution in [0.2, 0.25) is 0 Å². The van der Waals surface area contributed by atoms with Crippen molar-refractivity contribution in [3.05, 3.63) is 35.4 Å². The van der Waals surface area contributed by atoms with Gasteiger partial charge in [-0.15, -0.1) is 0 Å². The van der Waals surface area contributed by atoms with Crippen LogP contribution >= 0.6 is 0 Å². The molecule has 1 saturated carbocycles. The van der Waals surface area contributed by atoms with Gasteiger partial charge in [-0.1, -0.05) is 29.8 Å². The molecule has 0 bridgehead atoms. The molecule has 0 unspecified atom stereocenters. The van der Waals surface area contributed by atoms with Crippen LogP contribution in [0.1, 0.15) is 43.2 Å². The molecule has 1 aromatic rings. The normalized spacial score (nSPS) is 18.4. The molecule has 4 nitrogen and oxygen atoms in total. The number of piperidine rings is 1. The Bertz CT molecular complexity index is 566. The van der Waals surface area contributed by atoms with Gasteiger partial charge in [-0.2, -0.15) is 0 Å². The van der Waals surface area contributed by atoms with E-state index in [0.717, 1.165) is 32.2 Å². The Hall–Kier alpha value is -1.84. The number of hydrogen-bond acceptors (Lipinski definition) is 2. The number of likely N-dealkylation sites (tertiary alicyclic amines) is 1. The standard InChI is InChI=1S/C18H24N2O2/c1-14-5-4-6-15(11-14)12-20(16-8-9-16)18(22)13-19-10-3-2-7-17(19)21/h4-6,11,16H,2-3,7-10,12-13H2,1H3. The summed E-state index contributed by atoms with van der Waals surface area (Å²) in [5.41, 5.74) is 2.39. The SMILES string of the molecule is Cc1cccc(CN(C(=O)CN2CCCCC2=O)C2CC2)c1. The fourth-order valence-electron chi connectivity index (χ4n) is 3.10. The number of nitrogens with zero attached hydrogens (tertiary/aromatic N) is 2. The van der Waals surface area contributed by atoms with Gasteiger partial charge in [-0.05, 0) is 38.2 Å². The van der Waals surface area contributed by atoms with Crippen LogP contribution in [0.4, 0.5) is 0 Å². The minimum absolute atomic E-state index is 0.0965. The molecule has 1 saturated heterocycles. The van der Waals surface area contributed by atoms with Crippen molar-refractivity contribution in [3.8, 4) is 0 Å². The zero-order chi connectivity index (χ0) is 15.5. The van der Waals surface area contributed by atoms with Gasteiger partial charge in [0, 0.05) is 25.6 Å². The van der Waals surface area contributed by atoms with Crippen LogP contribution < -0.4 is 0 Å². The predicted octanol–water partition coefficient (Wildman–Crippen LogP) is 2.50. The number of aryl methyl sites for hydroxylation is 1. The van der Waals surface area contributed by atoms with Crippen molar-refractivity contribution in [2.45, 2.75) is 51.6 Å². The third kappa shape index (κ3) is 3.67. The zero-order valence-corrected chi connectivity index (χ0v) is 13.3. The van der Waals surface area contributed by atoms with Crippen LogP contribution in [-0.2, 0) is 16.1 Å². The lowest BCUT2D eigenvalue weighted by atomic mass is 10.1. The maximum Gasteiger partial charge on any atom is 0.242 e. The molecule has 1 heterocycles. The highest BCUT2D eigenvalue weighted by molar-refractivity contribution is 5.85. The molecule has 0 spiro atoms. The molecule has 0 radical (unpaired) electrons. The number of carbonyl (C=O) groups is 2. The molecule has 3 rings (SSSR count). The van der Waals surface area contributed by atoms with Gasteiger partial charge in [-0.25, -0.2) is 0 Å². The summed E-state index contributed by atoms with van der Waals surface area (Å²) in [4.78, 5) is 28.3. The second-order valence-corrected chi connectivity index (χ2v) is 6.51. The summed E-state index contributed by atoms with van der Waals surface area (Å²) >= 11 is 0. The quantitative estimate of drug-likeness (QED) is 0.838. The van der Waals surface area contributed by atoms with Crippen LogP contribution in [0.25, 0.3) is 0 Å². The van der Waals surface area contributed by atoms with Crippen molar-refractivity contribution in [1.29, 1.82) is 0 Å². The molecule has 118 valence electrons. The Labute approximate surface area is 132 Å². The fraction of sp³-hybridized carbons (Fsp3) is 0.556. The summed E-state index contributed by atoms with van der Waals surface area (Å²) in [5.74, 6) is 0.227. The van der Waals surface area contributed by atoms with E-state index in [2.05, 4.69) is 25.1 Å². The van der Waals surface area contributed by atoms with E-state index in [0.29, 0.717) is 19.0 Å². The second kappa shape index (κ2) is 6.51. The molecule has 1 aliphatic heterocycles. The Morgan fingerprint density at radius 2 is 2.14 bits per heavy atom. The molecule has 2 aliphatic rings. The molecule has 2 fully saturated rings. The first-order valence-electron chi connectivity index (χ1n) is 8.26. The summed E-state index contributed by atoms with van der Waals surface area (Å²) in [7, 11) is 0. The highest BCUT2D eigenvalue weighted by atomic mass is 16.2. The average molecular weight is 300 g/mol. The van der Waals surface area contributed by atoms with Gasteiger partial charge in [0.25, 0.3) is 0 Å². The van der Waals surface area contributed by atoms with E-state index in [-0.39, 0.29) is 18.4 Å². The van der Waals surface area contributed by atoms with Crippen LogP contribution in [0, 0.1) is 6.92 Å². The van der Waals surface area contributed by atoms with E-state index >= 15 is 0 Å². The third-order valence-electron chi connectivity index (χ3n) is 4.49. The average Bonchev–Trinajstić information content (AvgIpc) is 3.32. The Balaban J connectivity index is 1.65. The lowest BCUT2D eigenvalue weighted by Crippen LogP contribution is -2.45. The Kier molecular flexibility index (Phi) is 4.46. The molecular formula is C18H24N2O2. The molecule has 1 aliphatic carbocycles. The van der Waals surface area contributed by atoms with Crippen LogP contribution in [0.15, 0.2) is 24.3 Å². The minimum Gasteiger partial charge on any atom is -0.334 e. The molecular weight excluding hydrogens is 276 g/mol. The number of hydrogen-bond donors (Lipinski definition) is 0. The van der Waals surface area contributed by atoms with Crippen LogP contribution in [0.3, 0.4) is 0 Å². The van der Waals surface area contributed by atoms with Gasteiger partial charge in [0.1, 0.15) is 0 Å². The summed E-state index contributed by atoms with van der Waals surface area (Å²) in [6, 6.07) is 8.68. The molecule has 0 N–H and O–H groups in total. The second-order valence-electron chi connectivity index (χ2n) is 6.51. The highest BCUT2D eigenvalue weighted by Gasteiger charge is 2.34. The van der Waals surface area contributed by atoms with Crippen LogP contribution in [-0.4, -0.2) is 40.7 Å². The Morgan fingerprint density at radius 1 is 1.32 bits per heavy atom. The summed E-state index contributed by atoms with van der Waals surface area (Å²) in [6.07, 6.45) is 4.74. The van der Waals surface area contributed by atoms with Crippen molar-refractivity contribution in [2.24, 2.45) is 0 Å². The first-order chi connectivity index (χ1) is 10.6. The van der Waals surface area contributed by atoms with Gasteiger partial charge >= 0.3 is 0 Å². The topological polar surface area (TPSA) is 40.6 Å². The van der Waals surface area contributed by atoms with Crippen molar-refractivity contribution in [1.82, 2.24) is 9.80 Å². The molecule has 0 aromatic heterocycles. The molecule has 4 heteroatoms. The molecule has 1 aromatic carbocycles. The van der Waals surface area contributed by atoms with E-state index in [1.165, 1.54) is 11.1 Å². The lowest BCUT2D eigenvalue weighted by Gasteiger charge is -2.30. The van der Waals surface area contributed by atoms with E-state index < -0.39 is 0 Å². The van der Waals surface area contributed by atoms with Gasteiger partial charge in [-0.3, -0.25) is 9.59 Å². The first kappa shape index (κ1) is 15.1. The number of amides is 2. The van der Waals surface area contributed by atoms with Crippen molar-refractivity contribution >= 4 is 11.8 Å². The van der Waals surface area contributed by atoms with Gasteiger partial charge < -0.3 is 9.80 Å². The Morgan fingerprint density at radius 3 is 2.82 bits per heavy atom. The monoisotopic (exact) mass is 300 g/mol. The third-order valence-corrected chi connectivity index (χ3v) is 4.49. The fourth-order valence-corrected chi connectivity index (χ4v) is 3.10. The highest BCUT2D eigenvalue weighted by Crippen LogP contribution is 2.29. The minimum atomic E-state index is 0.0965. The van der Waals surface area contributed by atoms with Crippen molar-refractivity contribution in [2.75, 3.05) is 13.1 Å². The van der Waals surface area contributed by atoms with E-state index in [1.807, 2.05) is 11.0 Å². The van der Waals surface area contributed by atoms with Gasteiger partial charge in [0.05, 0.1) is 6.54 Å². The number of carbonyl (C=O) groups excluding carboxylic acids is 2. The zero-order valence-electron chi connectivity index (χ0n) is 13.3. The molecule has 0 atom stereocenters. The van der Waals surface area contributed by atoms with Crippen molar-refractivity contribution < 1.29 is 9.59 Å². The largest absolute Gasteiger partial charge is 0.334 e. The maximum absolute atomic E-state index is 12.7. The summed E-state index contributed by atoms with van der Waals surface area (Å²) in [6.45, 7) is 3.71. The van der Waals surface area contributed by atoms with E-state index in [1.54, 1.807) is 4.90 Å². The predicted molar refractivity (Wildman–Crippen MR) is 85.2 cm³/mol. The molecule has 22 heavy (non-hydrogen) atoms. The van der Waals surface area contributed by atoms with Gasteiger partial charge in [0.2, 0.25) is 11.8 Å². The van der Waals surface area contributed by atoms with E-state index in [4.69, 9.17) is 0 Å². The molecule has 2 amide bonds. The van der Waals surface area contributed by atoms with Crippen LogP contribution in [0.5, 0.6) is 0 Å². The van der Waals surface area contributed by atoms with Crippen molar-refractivity contribution in [3.63, 3.8) is 0 Å². The smallest absolute Gasteiger partial charge is 0.242 e. The summed E-state index contributed by atoms with van der Waals surface area (Å²) in [5, 5.41) is 0. The number of benzene rings is 1. The maximum atomic E-state index is 12.7. The first-order valence-corrected chi connectivity index (χ1v) is 8.26. The van der Waals surface area contributed by atoms with Gasteiger partial charge in [0.15, 0.2) is 0 Å².